The second-order valence-electron chi connectivity index (χ2n) is 4.18. The fourth-order valence-electron chi connectivity index (χ4n) is 2.03. The topological polar surface area (TPSA) is 21.3 Å². The fourth-order valence-corrected chi connectivity index (χ4v) is 2.39. The molecular weight excluding hydrogens is 269 g/mol. The van der Waals surface area contributed by atoms with Gasteiger partial charge in [0.1, 0.15) is 11.9 Å². The minimum absolute atomic E-state index is 0.0466. The van der Waals surface area contributed by atoms with Crippen molar-refractivity contribution in [2.24, 2.45) is 0 Å². The van der Waals surface area contributed by atoms with E-state index < -0.39 is 0 Å². The molecule has 2 nitrogen and oxygen atoms in total. The van der Waals surface area contributed by atoms with Crippen LogP contribution in [-0.2, 0) is 0 Å². The number of hydrogen-bond acceptors (Lipinski definition) is 2. The molecule has 1 unspecified atom stereocenters. The Hall–Kier alpha value is -1.38. The monoisotopic (exact) mass is 279 g/mol. The molecule has 2 aromatic carbocycles. The highest BCUT2D eigenvalue weighted by Crippen LogP contribution is 2.36. The molecule has 1 N–H and O–H groups in total. The van der Waals surface area contributed by atoms with Crippen LogP contribution in [0.15, 0.2) is 42.5 Å². The van der Waals surface area contributed by atoms with E-state index in [2.05, 4.69) is 5.32 Å². The molecule has 1 atom stereocenters. The van der Waals surface area contributed by atoms with Crippen LogP contribution >= 0.6 is 23.2 Å². The molecule has 0 saturated carbocycles. The lowest BCUT2D eigenvalue weighted by Gasteiger charge is -2.27. The van der Waals surface area contributed by atoms with Crippen LogP contribution in [0.1, 0.15) is 11.7 Å². The minimum Gasteiger partial charge on any atom is -0.482 e. The molecule has 4 heteroatoms. The lowest BCUT2D eigenvalue weighted by Crippen LogP contribution is -2.23. The maximum absolute atomic E-state index is 5.99. The van der Waals surface area contributed by atoms with Gasteiger partial charge in [0.2, 0.25) is 0 Å². The molecule has 3 rings (SSSR count). The highest BCUT2D eigenvalue weighted by molar-refractivity contribution is 6.31. The molecule has 0 aliphatic carbocycles. The number of anilines is 1. The number of hydrogen-bond donors (Lipinski definition) is 1. The van der Waals surface area contributed by atoms with Crippen LogP contribution in [0.25, 0.3) is 0 Å². The zero-order valence-corrected chi connectivity index (χ0v) is 11.0. The summed E-state index contributed by atoms with van der Waals surface area (Å²) in [5.41, 5.74) is 2.03. The van der Waals surface area contributed by atoms with E-state index in [0.29, 0.717) is 10.0 Å². The summed E-state index contributed by atoms with van der Waals surface area (Å²) in [6.07, 6.45) is -0.0466. The zero-order valence-electron chi connectivity index (χ0n) is 9.49. The van der Waals surface area contributed by atoms with E-state index >= 15 is 0 Å². The fraction of sp³-hybridized carbons (Fsp3) is 0.143. The van der Waals surface area contributed by atoms with Crippen LogP contribution in [0.2, 0.25) is 10.0 Å². The molecule has 0 saturated heterocycles. The molecule has 1 aliphatic rings. The van der Waals surface area contributed by atoms with Crippen molar-refractivity contribution in [2.75, 3.05) is 11.9 Å². The van der Waals surface area contributed by atoms with Gasteiger partial charge in [0, 0.05) is 16.1 Å². The van der Waals surface area contributed by atoms with Crippen molar-refractivity contribution in [3.63, 3.8) is 0 Å². The van der Waals surface area contributed by atoms with Gasteiger partial charge >= 0.3 is 0 Å². The number of ether oxygens (including phenoxy) is 1. The predicted octanol–water partition coefficient (Wildman–Crippen LogP) is 4.54. The molecule has 18 heavy (non-hydrogen) atoms. The lowest BCUT2D eigenvalue weighted by atomic mass is 10.1. The van der Waals surface area contributed by atoms with E-state index in [1.54, 1.807) is 0 Å². The number of benzene rings is 2. The standard InChI is InChI=1S/C14H11Cl2NO/c15-10-3-1-2-9(6-10)14-8-17-12-5-4-11(16)7-13(12)18-14/h1-7,14,17H,8H2. The molecule has 1 heterocycles. The number of nitrogens with one attached hydrogen (secondary N) is 1. The molecule has 0 spiro atoms. The van der Waals surface area contributed by atoms with Crippen molar-refractivity contribution in [3.8, 4) is 5.75 Å². The summed E-state index contributed by atoms with van der Waals surface area (Å²) in [6.45, 7) is 0.717. The van der Waals surface area contributed by atoms with Crippen LogP contribution in [0.3, 0.4) is 0 Å². The van der Waals surface area contributed by atoms with Gasteiger partial charge in [-0.2, -0.15) is 0 Å². The van der Waals surface area contributed by atoms with Gasteiger partial charge in [0.05, 0.1) is 12.2 Å². The molecule has 2 aromatic rings. The van der Waals surface area contributed by atoms with Gasteiger partial charge in [0.25, 0.3) is 0 Å². The average Bonchev–Trinajstić information content (AvgIpc) is 2.38. The van der Waals surface area contributed by atoms with E-state index in [1.165, 1.54) is 0 Å². The largest absolute Gasteiger partial charge is 0.482 e. The van der Waals surface area contributed by atoms with Crippen molar-refractivity contribution in [1.29, 1.82) is 0 Å². The molecule has 0 radical (unpaired) electrons. The molecule has 0 aromatic heterocycles. The predicted molar refractivity (Wildman–Crippen MR) is 74.8 cm³/mol. The zero-order chi connectivity index (χ0) is 12.5. The van der Waals surface area contributed by atoms with Crippen LogP contribution in [0.5, 0.6) is 5.75 Å². The molecule has 92 valence electrons. The summed E-state index contributed by atoms with van der Waals surface area (Å²) in [7, 11) is 0. The minimum atomic E-state index is -0.0466. The molecule has 0 fully saturated rings. The van der Waals surface area contributed by atoms with Crippen molar-refractivity contribution in [1.82, 2.24) is 0 Å². The summed E-state index contributed by atoms with van der Waals surface area (Å²) >= 11 is 12.0. The molecular formula is C14H11Cl2NO. The van der Waals surface area contributed by atoms with E-state index in [1.807, 2.05) is 42.5 Å². The highest BCUT2D eigenvalue weighted by Gasteiger charge is 2.21. The van der Waals surface area contributed by atoms with Gasteiger partial charge < -0.3 is 10.1 Å². The van der Waals surface area contributed by atoms with Crippen molar-refractivity contribution in [2.45, 2.75) is 6.10 Å². The summed E-state index contributed by atoms with van der Waals surface area (Å²) in [4.78, 5) is 0. The van der Waals surface area contributed by atoms with E-state index in [4.69, 9.17) is 27.9 Å². The molecule has 1 aliphatic heterocycles. The first-order chi connectivity index (χ1) is 8.72. The van der Waals surface area contributed by atoms with E-state index in [-0.39, 0.29) is 6.10 Å². The van der Waals surface area contributed by atoms with Gasteiger partial charge in [-0.3, -0.25) is 0 Å². The first-order valence-electron chi connectivity index (χ1n) is 5.68. The van der Waals surface area contributed by atoms with Crippen LogP contribution in [-0.4, -0.2) is 6.54 Å². The summed E-state index contributed by atoms with van der Waals surface area (Å²) in [5.74, 6) is 0.777. The van der Waals surface area contributed by atoms with Crippen molar-refractivity contribution < 1.29 is 4.74 Å². The van der Waals surface area contributed by atoms with Crippen LogP contribution < -0.4 is 10.1 Å². The van der Waals surface area contributed by atoms with E-state index in [9.17, 15) is 0 Å². The Bertz CT molecular complexity index is 586. The normalized spacial score (nSPS) is 17.6. The Morgan fingerprint density at radius 2 is 1.89 bits per heavy atom. The van der Waals surface area contributed by atoms with Gasteiger partial charge in [-0.15, -0.1) is 0 Å². The Kier molecular flexibility index (Phi) is 3.06. The Morgan fingerprint density at radius 1 is 1.06 bits per heavy atom. The maximum Gasteiger partial charge on any atom is 0.144 e. The van der Waals surface area contributed by atoms with E-state index in [0.717, 1.165) is 23.5 Å². The Balaban J connectivity index is 1.90. The third kappa shape index (κ3) is 2.26. The number of fused-ring (bicyclic) bond motifs is 1. The Morgan fingerprint density at radius 3 is 2.72 bits per heavy atom. The maximum atomic E-state index is 5.99. The third-order valence-corrected chi connectivity index (χ3v) is 3.38. The van der Waals surface area contributed by atoms with Crippen molar-refractivity contribution >= 4 is 28.9 Å². The highest BCUT2D eigenvalue weighted by atomic mass is 35.5. The third-order valence-electron chi connectivity index (χ3n) is 2.91. The van der Waals surface area contributed by atoms with Gasteiger partial charge in [0.15, 0.2) is 0 Å². The van der Waals surface area contributed by atoms with Crippen LogP contribution in [0.4, 0.5) is 5.69 Å². The SMILES string of the molecule is Clc1cccc(C2CNc3ccc(Cl)cc3O2)c1. The van der Waals surface area contributed by atoms with Gasteiger partial charge in [-0.25, -0.2) is 0 Å². The number of rotatable bonds is 1. The second kappa shape index (κ2) is 4.71. The number of halogens is 2. The van der Waals surface area contributed by atoms with Gasteiger partial charge in [-0.05, 0) is 29.8 Å². The Labute approximate surface area is 115 Å². The first kappa shape index (κ1) is 11.7. The second-order valence-corrected chi connectivity index (χ2v) is 5.06. The van der Waals surface area contributed by atoms with Crippen LogP contribution in [0, 0.1) is 0 Å². The summed E-state index contributed by atoms with van der Waals surface area (Å²) < 4.78 is 5.95. The quantitative estimate of drug-likeness (QED) is 0.828. The smallest absolute Gasteiger partial charge is 0.144 e. The summed E-state index contributed by atoms with van der Waals surface area (Å²) in [6, 6.07) is 13.3. The molecule has 0 bridgehead atoms. The van der Waals surface area contributed by atoms with Gasteiger partial charge in [-0.1, -0.05) is 35.3 Å². The average molecular weight is 280 g/mol. The molecule has 0 amide bonds. The lowest BCUT2D eigenvalue weighted by molar-refractivity contribution is 0.210. The first-order valence-corrected chi connectivity index (χ1v) is 6.43. The van der Waals surface area contributed by atoms with Crippen molar-refractivity contribution in [3.05, 3.63) is 58.1 Å². The summed E-state index contributed by atoms with van der Waals surface area (Å²) in [5, 5.41) is 4.72.